The predicted octanol–water partition coefficient (Wildman–Crippen LogP) is 2.36. The smallest absolute Gasteiger partial charge is 0.156 e. The van der Waals surface area contributed by atoms with Gasteiger partial charge in [0.1, 0.15) is 16.8 Å². The molecule has 2 rings (SSSR count). The average Bonchev–Trinajstić information content (AvgIpc) is 2.54. The first-order chi connectivity index (χ1) is 9.11. The number of hydrogen-bond donors (Lipinski definition) is 2. The molecule has 0 aromatic carbocycles. The number of rotatable bonds is 3. The molecule has 0 aliphatic heterocycles. The Hall–Kier alpha value is -1.20. The van der Waals surface area contributed by atoms with Crippen LogP contribution in [0.1, 0.15) is 48.3 Å². The summed E-state index contributed by atoms with van der Waals surface area (Å²) in [7, 11) is 0. The Labute approximate surface area is 117 Å². The Balaban J connectivity index is 2.24. The summed E-state index contributed by atoms with van der Waals surface area (Å²) in [6.07, 6.45) is 5.07. The van der Waals surface area contributed by atoms with Gasteiger partial charge in [-0.05, 0) is 19.8 Å². The first-order valence-corrected chi connectivity index (χ1v) is 6.93. The fraction of sp³-hybridized carbons (Fsp3) is 0.615. The number of anilines is 1. The molecule has 2 N–H and O–H groups in total. The minimum absolute atomic E-state index is 0.0911. The van der Waals surface area contributed by atoms with Gasteiger partial charge in [-0.15, -0.1) is 0 Å². The van der Waals surface area contributed by atoms with Crippen molar-refractivity contribution >= 4 is 23.7 Å². The Morgan fingerprint density at radius 2 is 2.05 bits per heavy atom. The van der Waals surface area contributed by atoms with E-state index in [-0.39, 0.29) is 16.8 Å². The molecule has 1 saturated carbocycles. The molecule has 0 saturated heterocycles. The highest BCUT2D eigenvalue weighted by atomic mass is 35.5. The van der Waals surface area contributed by atoms with Crippen molar-refractivity contribution in [2.75, 3.05) is 5.32 Å². The van der Waals surface area contributed by atoms with Crippen molar-refractivity contribution in [3.63, 3.8) is 0 Å². The van der Waals surface area contributed by atoms with Crippen LogP contribution in [0.4, 0.5) is 5.82 Å². The first kappa shape index (κ1) is 14.2. The van der Waals surface area contributed by atoms with Crippen molar-refractivity contribution in [2.45, 2.75) is 51.2 Å². The number of aldehydes is 1. The van der Waals surface area contributed by atoms with Gasteiger partial charge in [0.05, 0.1) is 17.7 Å². The molecule has 1 aliphatic carbocycles. The number of aromatic nitrogens is 2. The molecule has 6 heteroatoms. The van der Waals surface area contributed by atoms with Crippen molar-refractivity contribution in [2.24, 2.45) is 0 Å². The van der Waals surface area contributed by atoms with Crippen molar-refractivity contribution in [1.82, 2.24) is 9.97 Å². The van der Waals surface area contributed by atoms with E-state index in [1.807, 2.05) is 0 Å². The maximum atomic E-state index is 11.1. The highest BCUT2D eigenvalue weighted by molar-refractivity contribution is 6.32. The molecule has 1 aliphatic rings. The lowest BCUT2D eigenvalue weighted by Crippen LogP contribution is -2.33. The number of carbonyl (C=O) groups is 1. The molecule has 0 spiro atoms. The lowest BCUT2D eigenvalue weighted by molar-refractivity contribution is 0.112. The van der Waals surface area contributed by atoms with Crippen LogP contribution in [-0.2, 0) is 0 Å². The van der Waals surface area contributed by atoms with E-state index < -0.39 is 6.10 Å². The maximum absolute atomic E-state index is 11.1. The number of aliphatic hydroxyl groups excluding tert-OH is 1. The Bertz CT molecular complexity index is 467. The van der Waals surface area contributed by atoms with E-state index in [0.717, 1.165) is 32.1 Å². The fourth-order valence-corrected chi connectivity index (χ4v) is 2.65. The highest BCUT2D eigenvalue weighted by Crippen LogP contribution is 2.24. The standard InChI is InChI=1S/C13H18ClN3O2/c1-8-15-12(14)9(7-18)13(16-8)17-10-5-3-2-4-6-11(10)19/h7,10-11,19H,2-6H2,1H3,(H,15,16,17). The van der Waals surface area contributed by atoms with E-state index in [1.54, 1.807) is 6.92 Å². The zero-order valence-electron chi connectivity index (χ0n) is 10.9. The normalized spacial score (nSPS) is 23.7. The number of hydrogen-bond acceptors (Lipinski definition) is 5. The first-order valence-electron chi connectivity index (χ1n) is 6.55. The van der Waals surface area contributed by atoms with Gasteiger partial charge < -0.3 is 10.4 Å². The summed E-state index contributed by atoms with van der Waals surface area (Å²) in [5, 5.41) is 13.4. The van der Waals surface area contributed by atoms with Crippen LogP contribution in [0.5, 0.6) is 0 Å². The average molecular weight is 284 g/mol. The van der Waals surface area contributed by atoms with Crippen LogP contribution in [0.3, 0.4) is 0 Å². The fourth-order valence-electron chi connectivity index (χ4n) is 2.39. The van der Waals surface area contributed by atoms with Crippen LogP contribution in [0.25, 0.3) is 0 Å². The summed E-state index contributed by atoms with van der Waals surface area (Å²) in [4.78, 5) is 19.3. The topological polar surface area (TPSA) is 75.1 Å². The molecule has 5 nitrogen and oxygen atoms in total. The molecule has 2 atom stereocenters. The van der Waals surface area contributed by atoms with Crippen molar-refractivity contribution < 1.29 is 9.90 Å². The maximum Gasteiger partial charge on any atom is 0.156 e. The number of aliphatic hydroxyl groups is 1. The molecule has 0 radical (unpaired) electrons. The third-order valence-electron chi connectivity index (χ3n) is 3.43. The molecular weight excluding hydrogens is 266 g/mol. The zero-order valence-corrected chi connectivity index (χ0v) is 11.7. The SMILES string of the molecule is Cc1nc(Cl)c(C=O)c(NC2CCCCCC2O)n1. The minimum Gasteiger partial charge on any atom is -0.391 e. The van der Waals surface area contributed by atoms with Gasteiger partial charge in [-0.25, -0.2) is 9.97 Å². The molecule has 0 bridgehead atoms. The van der Waals surface area contributed by atoms with Crippen LogP contribution < -0.4 is 5.32 Å². The van der Waals surface area contributed by atoms with E-state index in [4.69, 9.17) is 11.6 Å². The van der Waals surface area contributed by atoms with Gasteiger partial charge >= 0.3 is 0 Å². The van der Waals surface area contributed by atoms with E-state index >= 15 is 0 Å². The molecule has 104 valence electrons. The summed E-state index contributed by atoms with van der Waals surface area (Å²) in [6.45, 7) is 1.72. The minimum atomic E-state index is -0.420. The largest absolute Gasteiger partial charge is 0.391 e. The molecule has 2 unspecified atom stereocenters. The summed E-state index contributed by atoms with van der Waals surface area (Å²) >= 11 is 5.94. The second kappa shape index (κ2) is 6.30. The number of nitrogens with one attached hydrogen (secondary N) is 1. The van der Waals surface area contributed by atoms with Crippen molar-refractivity contribution in [3.8, 4) is 0 Å². The summed E-state index contributed by atoms with van der Waals surface area (Å²) in [5.41, 5.74) is 0.253. The van der Waals surface area contributed by atoms with Gasteiger partial charge in [0, 0.05) is 0 Å². The number of aryl methyl sites for hydroxylation is 1. The van der Waals surface area contributed by atoms with E-state index in [0.29, 0.717) is 17.9 Å². The summed E-state index contributed by atoms with van der Waals surface area (Å²) in [6, 6.07) is -0.0911. The third kappa shape index (κ3) is 3.42. The Kier molecular flexibility index (Phi) is 4.71. The van der Waals surface area contributed by atoms with Gasteiger partial charge in [0.15, 0.2) is 6.29 Å². The Morgan fingerprint density at radius 1 is 1.32 bits per heavy atom. The number of carbonyl (C=O) groups excluding carboxylic acids is 1. The lowest BCUT2D eigenvalue weighted by atomic mass is 10.1. The second-order valence-corrected chi connectivity index (χ2v) is 5.26. The molecular formula is C13H18ClN3O2. The van der Waals surface area contributed by atoms with Crippen molar-refractivity contribution in [1.29, 1.82) is 0 Å². The van der Waals surface area contributed by atoms with Gasteiger partial charge in [-0.2, -0.15) is 0 Å². The second-order valence-electron chi connectivity index (χ2n) is 4.90. The number of halogens is 1. The van der Waals surface area contributed by atoms with Gasteiger partial charge in [-0.1, -0.05) is 30.9 Å². The van der Waals surface area contributed by atoms with E-state index in [1.165, 1.54) is 0 Å². The molecule has 1 fully saturated rings. The molecule has 1 aromatic heterocycles. The molecule has 1 heterocycles. The monoisotopic (exact) mass is 283 g/mol. The van der Waals surface area contributed by atoms with E-state index in [2.05, 4.69) is 15.3 Å². The summed E-state index contributed by atoms with van der Waals surface area (Å²) < 4.78 is 0. The van der Waals surface area contributed by atoms with Crippen LogP contribution in [0.2, 0.25) is 5.15 Å². The van der Waals surface area contributed by atoms with E-state index in [9.17, 15) is 9.90 Å². The highest BCUT2D eigenvalue weighted by Gasteiger charge is 2.23. The predicted molar refractivity (Wildman–Crippen MR) is 73.7 cm³/mol. The molecule has 0 amide bonds. The van der Waals surface area contributed by atoms with Gasteiger partial charge in [-0.3, -0.25) is 4.79 Å². The van der Waals surface area contributed by atoms with Crippen LogP contribution in [0, 0.1) is 6.92 Å². The van der Waals surface area contributed by atoms with Crippen molar-refractivity contribution in [3.05, 3.63) is 16.5 Å². The Morgan fingerprint density at radius 3 is 2.79 bits per heavy atom. The molecule has 1 aromatic rings. The van der Waals surface area contributed by atoms with Crippen LogP contribution >= 0.6 is 11.6 Å². The van der Waals surface area contributed by atoms with Gasteiger partial charge in [0.25, 0.3) is 0 Å². The molecule has 19 heavy (non-hydrogen) atoms. The quantitative estimate of drug-likeness (QED) is 0.506. The van der Waals surface area contributed by atoms with Crippen LogP contribution in [-0.4, -0.2) is 33.5 Å². The van der Waals surface area contributed by atoms with Gasteiger partial charge in [0.2, 0.25) is 0 Å². The third-order valence-corrected chi connectivity index (χ3v) is 3.72. The number of nitrogens with zero attached hydrogens (tertiary/aromatic N) is 2. The van der Waals surface area contributed by atoms with Crippen LogP contribution in [0.15, 0.2) is 0 Å². The summed E-state index contributed by atoms with van der Waals surface area (Å²) in [5.74, 6) is 0.916. The lowest BCUT2D eigenvalue weighted by Gasteiger charge is -2.23. The zero-order chi connectivity index (χ0) is 13.8.